The van der Waals surface area contributed by atoms with Gasteiger partial charge in [0.1, 0.15) is 6.33 Å². The first-order chi connectivity index (χ1) is 22.7. The molecule has 13 nitrogen and oxygen atoms in total. The molecule has 1 fully saturated rings. The number of pyridine rings is 1. The van der Waals surface area contributed by atoms with Gasteiger partial charge in [-0.1, -0.05) is 18.2 Å². The number of ether oxygens (including phenoxy) is 1. The van der Waals surface area contributed by atoms with E-state index in [9.17, 15) is 26.3 Å². The number of fused-ring (bicyclic) bond motifs is 1. The van der Waals surface area contributed by atoms with E-state index in [4.69, 9.17) is 29.5 Å². The summed E-state index contributed by atoms with van der Waals surface area (Å²) < 4.78 is 70.7. The van der Waals surface area contributed by atoms with Crippen LogP contribution in [0.1, 0.15) is 0 Å². The number of benzene rings is 2. The number of rotatable bonds is 5. The van der Waals surface area contributed by atoms with Crippen LogP contribution in [0.2, 0.25) is 0 Å². The monoisotopic (exact) mass is 678 g/mol. The van der Waals surface area contributed by atoms with Crippen LogP contribution < -0.4 is 10.2 Å². The third-order valence-corrected chi connectivity index (χ3v) is 6.19. The number of carboxylic acids is 2. The van der Waals surface area contributed by atoms with Crippen molar-refractivity contribution in [3.05, 3.63) is 79.4 Å². The van der Waals surface area contributed by atoms with Gasteiger partial charge in [0.25, 0.3) is 0 Å². The Morgan fingerprint density at radius 2 is 1.48 bits per heavy atom. The van der Waals surface area contributed by atoms with Crippen LogP contribution in [0.25, 0.3) is 27.8 Å². The third kappa shape index (κ3) is 9.82. The van der Waals surface area contributed by atoms with Gasteiger partial charge in [0.05, 0.1) is 30.1 Å². The summed E-state index contributed by atoms with van der Waals surface area (Å²) in [6.07, 6.45) is -4.82. The number of aromatic nitrogens is 6. The second-order valence-electron chi connectivity index (χ2n) is 9.55. The largest absolute Gasteiger partial charge is 0.490 e. The van der Waals surface area contributed by atoms with E-state index >= 15 is 0 Å². The smallest absolute Gasteiger partial charge is 0.475 e. The molecule has 252 valence electrons. The number of anilines is 3. The van der Waals surface area contributed by atoms with Crippen LogP contribution in [0.15, 0.2) is 79.4 Å². The second kappa shape index (κ2) is 15.2. The molecule has 1 aliphatic rings. The fourth-order valence-corrected chi connectivity index (χ4v) is 3.89. The topological polar surface area (TPSA) is 168 Å². The van der Waals surface area contributed by atoms with E-state index in [0.717, 1.165) is 52.6 Å². The quantitative estimate of drug-likeness (QED) is 0.210. The van der Waals surface area contributed by atoms with Gasteiger partial charge in [0.2, 0.25) is 11.9 Å². The highest BCUT2D eigenvalue weighted by molar-refractivity contribution is 5.84. The van der Waals surface area contributed by atoms with Crippen LogP contribution in [0.4, 0.5) is 43.9 Å². The zero-order chi connectivity index (χ0) is 34.9. The Morgan fingerprint density at radius 3 is 2.06 bits per heavy atom. The fourth-order valence-electron chi connectivity index (χ4n) is 3.89. The molecule has 19 heteroatoms. The Labute approximate surface area is 266 Å². The first kappa shape index (κ1) is 35.0. The van der Waals surface area contributed by atoms with E-state index in [1.54, 1.807) is 17.2 Å². The molecule has 0 unspecified atom stereocenters. The van der Waals surface area contributed by atoms with Crippen molar-refractivity contribution in [2.24, 2.45) is 0 Å². The third-order valence-electron chi connectivity index (χ3n) is 6.19. The Kier molecular flexibility index (Phi) is 11.1. The Bertz CT molecular complexity index is 1810. The average molecular weight is 679 g/mol. The van der Waals surface area contributed by atoms with Gasteiger partial charge in [-0.2, -0.15) is 31.3 Å². The summed E-state index contributed by atoms with van der Waals surface area (Å²) in [6, 6.07) is 19.9. The van der Waals surface area contributed by atoms with E-state index in [0.29, 0.717) is 19.2 Å². The minimum Gasteiger partial charge on any atom is -0.475 e. The Balaban J connectivity index is 0.000000314. The molecular formula is C29H24F6N8O5. The van der Waals surface area contributed by atoms with Gasteiger partial charge in [0, 0.05) is 42.1 Å². The number of hydrogen-bond acceptors (Lipinski definition) is 10. The molecule has 3 aromatic heterocycles. The second-order valence-corrected chi connectivity index (χ2v) is 9.55. The molecule has 48 heavy (non-hydrogen) atoms. The molecule has 0 saturated carbocycles. The number of hydrogen-bond donors (Lipinski definition) is 3. The van der Waals surface area contributed by atoms with Crippen LogP contribution in [0.3, 0.4) is 0 Å². The lowest BCUT2D eigenvalue weighted by atomic mass is 10.1. The predicted molar refractivity (Wildman–Crippen MR) is 158 cm³/mol. The summed E-state index contributed by atoms with van der Waals surface area (Å²) in [5.41, 5.74) is 4.61. The standard InChI is InChI=1S/C25H22N8O.2C2HF3O2/c1-2-10-26-22(3-1)18-4-5-19-16-27-24(30-23(19)15-18)29-20-6-8-21(9-7-20)33-17-28-25(31-33)32-11-13-34-14-12-32;2*3-2(4,5)1(6)7/h1-10,15-17H,11-14H2,(H,27,29,30);2*(H,6,7). The molecule has 4 heterocycles. The van der Waals surface area contributed by atoms with E-state index in [2.05, 4.69) is 30.3 Å². The number of halogens is 6. The van der Waals surface area contributed by atoms with E-state index in [1.165, 1.54) is 0 Å². The number of aliphatic carboxylic acids is 2. The number of alkyl halides is 6. The van der Waals surface area contributed by atoms with Crippen molar-refractivity contribution in [3.63, 3.8) is 0 Å². The average Bonchev–Trinajstić information content (AvgIpc) is 3.56. The predicted octanol–water partition coefficient (Wildman–Crippen LogP) is 5.12. The van der Waals surface area contributed by atoms with Gasteiger partial charge in [-0.25, -0.2) is 24.2 Å². The summed E-state index contributed by atoms with van der Waals surface area (Å²) in [6.45, 7) is 3.02. The first-order valence-corrected chi connectivity index (χ1v) is 13.6. The molecule has 6 rings (SSSR count). The van der Waals surface area contributed by atoms with Crippen molar-refractivity contribution in [3.8, 4) is 16.9 Å². The number of carbonyl (C=O) groups is 2. The molecule has 0 aliphatic carbocycles. The van der Waals surface area contributed by atoms with Crippen LogP contribution in [0.5, 0.6) is 0 Å². The van der Waals surface area contributed by atoms with E-state index in [1.807, 2.05) is 66.9 Å². The SMILES string of the molecule is O=C(O)C(F)(F)F.O=C(O)C(F)(F)F.c1ccc(-c2ccc3cnc(Nc4ccc(-n5cnc(N6CCOCC6)n5)cc4)nc3c2)nc1. The Hall–Kier alpha value is -5.85. The summed E-state index contributed by atoms with van der Waals surface area (Å²) in [5.74, 6) is -4.26. The van der Waals surface area contributed by atoms with Gasteiger partial charge in [-0.3, -0.25) is 4.98 Å². The number of carboxylic acid groups (broad SMARTS) is 2. The molecule has 0 bridgehead atoms. The normalized spacial score (nSPS) is 13.1. The maximum absolute atomic E-state index is 10.6. The van der Waals surface area contributed by atoms with Crippen molar-refractivity contribution in [2.45, 2.75) is 12.4 Å². The molecule has 0 radical (unpaired) electrons. The molecule has 1 saturated heterocycles. The summed E-state index contributed by atoms with van der Waals surface area (Å²) in [7, 11) is 0. The summed E-state index contributed by atoms with van der Waals surface area (Å²) in [4.78, 5) is 38.0. The first-order valence-electron chi connectivity index (χ1n) is 13.6. The number of nitrogens with one attached hydrogen (secondary N) is 1. The van der Waals surface area contributed by atoms with E-state index in [-0.39, 0.29) is 0 Å². The maximum atomic E-state index is 10.6. The summed E-state index contributed by atoms with van der Waals surface area (Å²) in [5, 5.41) is 23.1. The van der Waals surface area contributed by atoms with Gasteiger partial charge in [-0.05, 0) is 42.5 Å². The van der Waals surface area contributed by atoms with Gasteiger partial charge >= 0.3 is 24.3 Å². The van der Waals surface area contributed by atoms with Gasteiger partial charge in [0.15, 0.2) is 0 Å². The molecule has 3 N–H and O–H groups in total. The molecule has 5 aromatic rings. The van der Waals surface area contributed by atoms with Crippen molar-refractivity contribution in [1.29, 1.82) is 0 Å². The van der Waals surface area contributed by atoms with E-state index < -0.39 is 24.3 Å². The highest BCUT2D eigenvalue weighted by Crippen LogP contribution is 2.24. The molecule has 0 atom stereocenters. The lowest BCUT2D eigenvalue weighted by Crippen LogP contribution is -2.37. The highest BCUT2D eigenvalue weighted by atomic mass is 19.4. The van der Waals surface area contributed by atoms with Crippen LogP contribution in [-0.2, 0) is 14.3 Å². The lowest BCUT2D eigenvalue weighted by Gasteiger charge is -2.25. The zero-order valence-electron chi connectivity index (χ0n) is 24.4. The van der Waals surface area contributed by atoms with Gasteiger partial charge in [-0.15, -0.1) is 5.10 Å². The van der Waals surface area contributed by atoms with Crippen molar-refractivity contribution < 1.29 is 50.9 Å². The minimum atomic E-state index is -5.08. The summed E-state index contributed by atoms with van der Waals surface area (Å²) >= 11 is 0. The number of morpholine rings is 1. The van der Waals surface area contributed by atoms with Crippen LogP contribution >= 0.6 is 0 Å². The van der Waals surface area contributed by atoms with Crippen molar-refractivity contribution in [1.82, 2.24) is 29.7 Å². The lowest BCUT2D eigenvalue weighted by molar-refractivity contribution is -0.193. The van der Waals surface area contributed by atoms with Crippen molar-refractivity contribution in [2.75, 3.05) is 36.5 Å². The molecular weight excluding hydrogens is 654 g/mol. The molecule has 1 aliphatic heterocycles. The molecule has 0 spiro atoms. The molecule has 2 aromatic carbocycles. The van der Waals surface area contributed by atoms with Crippen LogP contribution in [0, 0.1) is 0 Å². The zero-order valence-corrected chi connectivity index (χ0v) is 24.4. The van der Waals surface area contributed by atoms with Gasteiger partial charge < -0.3 is 25.2 Å². The fraction of sp³-hybridized carbons (Fsp3) is 0.207. The van der Waals surface area contributed by atoms with Crippen molar-refractivity contribution >= 4 is 40.4 Å². The molecule has 0 amide bonds. The highest BCUT2D eigenvalue weighted by Gasteiger charge is 2.38. The maximum Gasteiger partial charge on any atom is 0.490 e. The Morgan fingerprint density at radius 1 is 0.833 bits per heavy atom. The van der Waals surface area contributed by atoms with Crippen LogP contribution in [-0.4, -0.2) is 90.5 Å². The minimum absolute atomic E-state index is 0.536. The number of nitrogens with zero attached hydrogens (tertiary/aromatic N) is 7.